The van der Waals surface area contributed by atoms with Crippen molar-refractivity contribution in [3.05, 3.63) is 47.5 Å². The Balaban J connectivity index is 1.58. The van der Waals surface area contributed by atoms with E-state index in [1.807, 2.05) is 36.2 Å². The first-order valence-corrected chi connectivity index (χ1v) is 9.32. The maximum atomic E-state index is 12.9. The highest BCUT2D eigenvalue weighted by molar-refractivity contribution is 5.92. The van der Waals surface area contributed by atoms with Crippen molar-refractivity contribution in [1.29, 1.82) is 0 Å². The highest BCUT2D eigenvalue weighted by atomic mass is 16.2. The van der Waals surface area contributed by atoms with Crippen molar-refractivity contribution >= 4 is 16.9 Å². The molecule has 1 aromatic carbocycles. The minimum Gasteiger partial charge on any atom is -0.337 e. The second-order valence-corrected chi connectivity index (χ2v) is 7.11. The Kier molecular flexibility index (Phi) is 4.26. The number of hydrogen-bond donors (Lipinski definition) is 0. The molecule has 1 aliphatic rings. The molecule has 1 aliphatic heterocycles. The third kappa shape index (κ3) is 2.79. The van der Waals surface area contributed by atoms with Crippen LogP contribution in [-0.4, -0.2) is 43.2 Å². The Bertz CT molecular complexity index is 954. The summed E-state index contributed by atoms with van der Waals surface area (Å²) in [7, 11) is 3.96. The number of nitrogens with zero attached hydrogens (tertiary/aromatic N) is 5. The van der Waals surface area contributed by atoms with Gasteiger partial charge in [0.25, 0.3) is 5.91 Å². The number of aromatic nitrogens is 4. The van der Waals surface area contributed by atoms with Crippen LogP contribution in [0.2, 0.25) is 0 Å². The van der Waals surface area contributed by atoms with Crippen molar-refractivity contribution in [1.82, 2.24) is 24.2 Å². The summed E-state index contributed by atoms with van der Waals surface area (Å²) in [5, 5.41) is 4.41. The molecule has 0 saturated carbocycles. The zero-order chi connectivity index (χ0) is 18.3. The van der Waals surface area contributed by atoms with Crippen LogP contribution < -0.4 is 0 Å². The molecular weight excluding hydrogens is 326 g/mol. The second-order valence-electron chi connectivity index (χ2n) is 7.11. The van der Waals surface area contributed by atoms with Crippen LogP contribution in [0.1, 0.15) is 47.7 Å². The number of imidazole rings is 1. The van der Waals surface area contributed by atoms with Crippen molar-refractivity contribution in [2.45, 2.75) is 32.1 Å². The number of amides is 1. The summed E-state index contributed by atoms with van der Waals surface area (Å²) in [6, 6.07) is 10.1. The van der Waals surface area contributed by atoms with E-state index in [0.717, 1.165) is 48.4 Å². The average Bonchev–Trinajstić information content (AvgIpc) is 3.21. The zero-order valence-corrected chi connectivity index (χ0v) is 15.6. The van der Waals surface area contributed by atoms with Gasteiger partial charge in [-0.25, -0.2) is 4.98 Å². The van der Waals surface area contributed by atoms with Crippen molar-refractivity contribution in [3.8, 4) is 0 Å². The lowest BCUT2D eigenvalue weighted by molar-refractivity contribution is 0.0697. The molecule has 2 aromatic heterocycles. The van der Waals surface area contributed by atoms with Gasteiger partial charge >= 0.3 is 0 Å². The lowest BCUT2D eigenvalue weighted by Gasteiger charge is -2.32. The molecule has 0 spiro atoms. The normalized spacial score (nSPS) is 17.8. The van der Waals surface area contributed by atoms with E-state index in [9.17, 15) is 4.79 Å². The van der Waals surface area contributed by atoms with Gasteiger partial charge in [0, 0.05) is 38.8 Å². The van der Waals surface area contributed by atoms with Crippen LogP contribution in [0.3, 0.4) is 0 Å². The van der Waals surface area contributed by atoms with Gasteiger partial charge in [0.1, 0.15) is 5.82 Å². The minimum atomic E-state index is 0.0313. The summed E-state index contributed by atoms with van der Waals surface area (Å²) in [5.41, 5.74) is 3.79. The minimum absolute atomic E-state index is 0.0313. The predicted molar refractivity (Wildman–Crippen MR) is 101 cm³/mol. The van der Waals surface area contributed by atoms with Crippen molar-refractivity contribution < 1.29 is 4.79 Å². The van der Waals surface area contributed by atoms with Crippen LogP contribution in [0, 0.1) is 0 Å². The third-order valence-electron chi connectivity index (χ3n) is 5.45. The largest absolute Gasteiger partial charge is 0.337 e. The van der Waals surface area contributed by atoms with Crippen LogP contribution in [0.5, 0.6) is 0 Å². The fourth-order valence-electron chi connectivity index (χ4n) is 4.00. The standard InChI is InChI=1S/C20H25N5O/c1-4-15-12-17(22-24(15)3)20(26)25-11-7-8-14(13-25)19-21-16-9-5-6-10-18(16)23(19)2/h5-6,9-10,12,14H,4,7-8,11,13H2,1-3H3. The van der Waals surface area contributed by atoms with Crippen LogP contribution in [0.4, 0.5) is 0 Å². The fourth-order valence-corrected chi connectivity index (χ4v) is 4.00. The average molecular weight is 351 g/mol. The van der Waals surface area contributed by atoms with Crippen LogP contribution >= 0.6 is 0 Å². The SMILES string of the molecule is CCc1cc(C(=O)N2CCCC(c3nc4ccccc4n3C)C2)nn1C. The molecule has 1 fully saturated rings. The van der Waals surface area contributed by atoms with E-state index in [4.69, 9.17) is 4.98 Å². The summed E-state index contributed by atoms with van der Waals surface area (Å²) in [5.74, 6) is 1.36. The van der Waals surface area contributed by atoms with Crippen molar-refractivity contribution in [3.63, 3.8) is 0 Å². The van der Waals surface area contributed by atoms with E-state index in [1.165, 1.54) is 0 Å². The molecule has 4 rings (SSSR count). The topological polar surface area (TPSA) is 56.0 Å². The number of piperidine rings is 1. The number of hydrogen-bond acceptors (Lipinski definition) is 3. The number of carbonyl (C=O) groups excluding carboxylic acids is 1. The summed E-state index contributed by atoms with van der Waals surface area (Å²) in [6.07, 6.45) is 2.93. The molecule has 0 radical (unpaired) electrons. The first-order chi connectivity index (χ1) is 12.6. The number of likely N-dealkylation sites (tertiary alicyclic amines) is 1. The van der Waals surface area contributed by atoms with Gasteiger partial charge in [0.05, 0.1) is 11.0 Å². The number of benzene rings is 1. The molecule has 3 heterocycles. The van der Waals surface area contributed by atoms with E-state index in [2.05, 4.69) is 29.7 Å². The Morgan fingerprint density at radius 3 is 2.81 bits per heavy atom. The van der Waals surface area contributed by atoms with Gasteiger partial charge < -0.3 is 9.47 Å². The lowest BCUT2D eigenvalue weighted by atomic mass is 9.97. The number of aryl methyl sites for hydroxylation is 3. The monoisotopic (exact) mass is 351 g/mol. The molecular formula is C20H25N5O. The smallest absolute Gasteiger partial charge is 0.274 e. The Labute approximate surface area is 153 Å². The Hall–Kier alpha value is -2.63. The number of carbonyl (C=O) groups is 1. The molecule has 3 aromatic rings. The Morgan fingerprint density at radius 1 is 1.27 bits per heavy atom. The molecule has 1 saturated heterocycles. The van der Waals surface area contributed by atoms with E-state index < -0.39 is 0 Å². The van der Waals surface area contributed by atoms with Crippen LogP contribution in [0.15, 0.2) is 30.3 Å². The molecule has 1 atom stereocenters. The van der Waals surface area contributed by atoms with Gasteiger partial charge in [-0.2, -0.15) is 5.10 Å². The predicted octanol–water partition coefficient (Wildman–Crippen LogP) is 2.89. The van der Waals surface area contributed by atoms with E-state index >= 15 is 0 Å². The van der Waals surface area contributed by atoms with Gasteiger partial charge in [0.2, 0.25) is 0 Å². The first kappa shape index (κ1) is 16.8. The quantitative estimate of drug-likeness (QED) is 0.729. The van der Waals surface area contributed by atoms with E-state index in [1.54, 1.807) is 4.68 Å². The fraction of sp³-hybridized carbons (Fsp3) is 0.450. The molecule has 1 amide bonds. The third-order valence-corrected chi connectivity index (χ3v) is 5.45. The molecule has 6 heteroatoms. The molecule has 1 unspecified atom stereocenters. The first-order valence-electron chi connectivity index (χ1n) is 9.32. The zero-order valence-electron chi connectivity index (χ0n) is 15.6. The highest BCUT2D eigenvalue weighted by Crippen LogP contribution is 2.29. The van der Waals surface area contributed by atoms with Gasteiger partial charge in [-0.3, -0.25) is 9.48 Å². The van der Waals surface area contributed by atoms with Crippen molar-refractivity contribution in [2.24, 2.45) is 14.1 Å². The van der Waals surface area contributed by atoms with Gasteiger partial charge in [0.15, 0.2) is 5.69 Å². The van der Waals surface area contributed by atoms with Crippen molar-refractivity contribution in [2.75, 3.05) is 13.1 Å². The Morgan fingerprint density at radius 2 is 2.08 bits per heavy atom. The van der Waals surface area contributed by atoms with E-state index in [0.29, 0.717) is 12.2 Å². The lowest BCUT2D eigenvalue weighted by Crippen LogP contribution is -2.40. The van der Waals surface area contributed by atoms with Gasteiger partial charge in [-0.1, -0.05) is 19.1 Å². The molecule has 0 bridgehead atoms. The van der Waals surface area contributed by atoms with Gasteiger partial charge in [-0.15, -0.1) is 0 Å². The summed E-state index contributed by atoms with van der Waals surface area (Å²) in [4.78, 5) is 19.7. The van der Waals surface area contributed by atoms with E-state index in [-0.39, 0.29) is 11.8 Å². The summed E-state index contributed by atoms with van der Waals surface area (Å²) < 4.78 is 3.98. The molecule has 26 heavy (non-hydrogen) atoms. The molecule has 136 valence electrons. The second kappa shape index (κ2) is 6.59. The van der Waals surface area contributed by atoms with Crippen LogP contribution in [-0.2, 0) is 20.5 Å². The summed E-state index contributed by atoms with van der Waals surface area (Å²) >= 11 is 0. The number of rotatable bonds is 3. The molecule has 0 aliphatic carbocycles. The maximum absolute atomic E-state index is 12.9. The number of para-hydroxylation sites is 2. The van der Waals surface area contributed by atoms with Crippen LogP contribution in [0.25, 0.3) is 11.0 Å². The highest BCUT2D eigenvalue weighted by Gasteiger charge is 2.29. The maximum Gasteiger partial charge on any atom is 0.274 e. The van der Waals surface area contributed by atoms with Gasteiger partial charge in [-0.05, 0) is 37.5 Å². The summed E-state index contributed by atoms with van der Waals surface area (Å²) in [6.45, 7) is 3.57. The molecule has 6 nitrogen and oxygen atoms in total. The molecule has 0 N–H and O–H groups in total. The number of fused-ring (bicyclic) bond motifs is 1.